The highest BCUT2D eigenvalue weighted by atomic mass is 35.5. The number of benzene rings is 1. The normalized spacial score (nSPS) is 14.6. The molecule has 168 valence electrons. The van der Waals surface area contributed by atoms with Gasteiger partial charge in [0.05, 0.1) is 23.7 Å². The first-order chi connectivity index (χ1) is 15.4. The molecule has 0 saturated carbocycles. The van der Waals surface area contributed by atoms with Crippen LogP contribution in [0.2, 0.25) is 5.02 Å². The minimum Gasteiger partial charge on any atom is -0.466 e. The molecule has 32 heavy (non-hydrogen) atoms. The molecule has 8 nitrogen and oxygen atoms in total. The predicted octanol–water partition coefficient (Wildman–Crippen LogP) is 2.67. The minimum atomic E-state index is -0.599. The standard InChI is InChI=1S/C22H22ClN3O5S/c1-2-31-21(29)14-6-9-24(10-7-14)18(27)13-25-17-8-11-32-19(17)20(28)26(22(25)30)16-5-3-4-15(23)12-16/h3-5,8,11-12,14H,2,6-7,9-10,13H2,1H3. The summed E-state index contributed by atoms with van der Waals surface area (Å²) in [6, 6.07) is 8.15. The van der Waals surface area contributed by atoms with Crippen LogP contribution >= 0.6 is 22.9 Å². The predicted molar refractivity (Wildman–Crippen MR) is 123 cm³/mol. The quantitative estimate of drug-likeness (QED) is 0.529. The van der Waals surface area contributed by atoms with Crippen LogP contribution in [0.25, 0.3) is 15.9 Å². The van der Waals surface area contributed by atoms with E-state index in [2.05, 4.69) is 0 Å². The maximum Gasteiger partial charge on any atom is 0.336 e. The average Bonchev–Trinajstić information content (AvgIpc) is 3.27. The number of thiophene rings is 1. The van der Waals surface area contributed by atoms with Gasteiger partial charge in [0.2, 0.25) is 5.91 Å². The zero-order valence-electron chi connectivity index (χ0n) is 17.5. The summed E-state index contributed by atoms with van der Waals surface area (Å²) in [5.74, 6) is -0.683. The van der Waals surface area contributed by atoms with E-state index in [1.54, 1.807) is 41.5 Å². The molecule has 10 heteroatoms. The van der Waals surface area contributed by atoms with E-state index in [4.69, 9.17) is 16.3 Å². The van der Waals surface area contributed by atoms with Crippen molar-refractivity contribution < 1.29 is 14.3 Å². The van der Waals surface area contributed by atoms with Gasteiger partial charge in [0.1, 0.15) is 11.2 Å². The Balaban J connectivity index is 1.63. The summed E-state index contributed by atoms with van der Waals surface area (Å²) in [5, 5.41) is 2.12. The lowest BCUT2D eigenvalue weighted by molar-refractivity contribution is -0.151. The van der Waals surface area contributed by atoms with Crippen molar-refractivity contribution >= 4 is 45.0 Å². The van der Waals surface area contributed by atoms with Crippen molar-refractivity contribution in [2.75, 3.05) is 19.7 Å². The maximum absolute atomic E-state index is 13.3. The summed E-state index contributed by atoms with van der Waals surface area (Å²) in [6.45, 7) is 2.73. The topological polar surface area (TPSA) is 90.6 Å². The summed E-state index contributed by atoms with van der Waals surface area (Å²) < 4.78 is 7.84. The monoisotopic (exact) mass is 475 g/mol. The summed E-state index contributed by atoms with van der Waals surface area (Å²) in [6.07, 6.45) is 1.05. The zero-order valence-corrected chi connectivity index (χ0v) is 19.0. The van der Waals surface area contributed by atoms with Crippen LogP contribution in [0, 0.1) is 5.92 Å². The Hall–Kier alpha value is -2.91. The molecule has 0 radical (unpaired) electrons. The van der Waals surface area contributed by atoms with Gasteiger partial charge in [-0.1, -0.05) is 17.7 Å². The molecule has 4 rings (SSSR count). The fourth-order valence-corrected chi connectivity index (χ4v) is 4.95. The molecule has 1 saturated heterocycles. The van der Waals surface area contributed by atoms with E-state index in [-0.39, 0.29) is 24.3 Å². The third-order valence-electron chi connectivity index (χ3n) is 5.58. The first-order valence-corrected chi connectivity index (χ1v) is 11.6. The third-order valence-corrected chi connectivity index (χ3v) is 6.71. The maximum atomic E-state index is 13.3. The Bertz CT molecular complexity index is 1290. The molecule has 2 aromatic heterocycles. The Labute approximate surface area is 192 Å². The number of rotatable bonds is 5. The fourth-order valence-electron chi connectivity index (χ4n) is 3.94. The lowest BCUT2D eigenvalue weighted by Crippen LogP contribution is -2.45. The van der Waals surface area contributed by atoms with Crippen LogP contribution in [-0.4, -0.2) is 45.6 Å². The van der Waals surface area contributed by atoms with Gasteiger partial charge in [-0.05, 0) is 49.4 Å². The lowest BCUT2D eigenvalue weighted by Gasteiger charge is -2.31. The van der Waals surface area contributed by atoms with Gasteiger partial charge >= 0.3 is 11.7 Å². The lowest BCUT2D eigenvalue weighted by atomic mass is 9.97. The second-order valence-electron chi connectivity index (χ2n) is 7.53. The van der Waals surface area contributed by atoms with E-state index in [1.165, 1.54) is 22.0 Å². The van der Waals surface area contributed by atoms with Crippen molar-refractivity contribution in [3.05, 3.63) is 61.6 Å². The minimum absolute atomic E-state index is 0.197. The van der Waals surface area contributed by atoms with Crippen molar-refractivity contribution in [1.29, 1.82) is 0 Å². The fraction of sp³-hybridized carbons (Fsp3) is 0.364. The number of nitrogens with zero attached hydrogens (tertiary/aromatic N) is 3. The summed E-state index contributed by atoms with van der Waals surface area (Å²) in [4.78, 5) is 52.9. The van der Waals surface area contributed by atoms with E-state index < -0.39 is 11.2 Å². The highest BCUT2D eigenvalue weighted by molar-refractivity contribution is 7.17. The van der Waals surface area contributed by atoms with E-state index in [9.17, 15) is 19.2 Å². The van der Waals surface area contributed by atoms with Crippen LogP contribution in [0.4, 0.5) is 0 Å². The average molecular weight is 476 g/mol. The number of piperidine rings is 1. The van der Waals surface area contributed by atoms with Gasteiger partial charge in [-0.2, -0.15) is 0 Å². The Kier molecular flexibility index (Phi) is 6.48. The second kappa shape index (κ2) is 9.30. The van der Waals surface area contributed by atoms with Crippen LogP contribution in [0.1, 0.15) is 19.8 Å². The molecule has 1 amide bonds. The smallest absolute Gasteiger partial charge is 0.336 e. The van der Waals surface area contributed by atoms with Gasteiger partial charge in [0.25, 0.3) is 5.56 Å². The molecule has 3 aromatic rings. The Morgan fingerprint density at radius 3 is 2.62 bits per heavy atom. The van der Waals surface area contributed by atoms with Gasteiger partial charge < -0.3 is 9.64 Å². The molecular formula is C22H22ClN3O5S. The molecule has 0 unspecified atom stereocenters. The molecule has 0 spiro atoms. The van der Waals surface area contributed by atoms with Crippen molar-refractivity contribution in [1.82, 2.24) is 14.0 Å². The number of carbonyl (C=O) groups is 2. The molecule has 1 aliphatic rings. The molecule has 1 aliphatic heterocycles. The van der Waals surface area contributed by atoms with Crippen molar-refractivity contribution in [2.24, 2.45) is 5.92 Å². The summed E-state index contributed by atoms with van der Waals surface area (Å²) in [7, 11) is 0. The van der Waals surface area contributed by atoms with Crippen LogP contribution < -0.4 is 11.2 Å². The number of amides is 1. The first kappa shape index (κ1) is 22.3. The zero-order chi connectivity index (χ0) is 22.8. The molecule has 1 aromatic carbocycles. The molecule has 1 fully saturated rings. The van der Waals surface area contributed by atoms with Crippen LogP contribution in [-0.2, 0) is 20.9 Å². The molecule has 0 bridgehead atoms. The van der Waals surface area contributed by atoms with Crippen molar-refractivity contribution in [3.8, 4) is 5.69 Å². The summed E-state index contributed by atoms with van der Waals surface area (Å²) >= 11 is 7.28. The van der Waals surface area contributed by atoms with E-state index in [0.717, 1.165) is 4.57 Å². The second-order valence-corrected chi connectivity index (χ2v) is 8.88. The number of carbonyl (C=O) groups excluding carboxylic acids is 2. The van der Waals surface area contributed by atoms with Gasteiger partial charge in [0, 0.05) is 18.1 Å². The van der Waals surface area contributed by atoms with Crippen LogP contribution in [0.3, 0.4) is 0 Å². The van der Waals surface area contributed by atoms with E-state index in [1.807, 2.05) is 0 Å². The number of ether oxygens (including phenoxy) is 1. The summed E-state index contributed by atoms with van der Waals surface area (Å²) in [5.41, 5.74) is -0.267. The largest absolute Gasteiger partial charge is 0.466 e. The Morgan fingerprint density at radius 2 is 1.94 bits per heavy atom. The van der Waals surface area contributed by atoms with E-state index >= 15 is 0 Å². The number of likely N-dealkylation sites (tertiary alicyclic amines) is 1. The number of fused-ring (bicyclic) bond motifs is 1. The van der Waals surface area contributed by atoms with Crippen molar-refractivity contribution in [2.45, 2.75) is 26.3 Å². The third kappa shape index (κ3) is 4.22. The SMILES string of the molecule is CCOC(=O)C1CCN(C(=O)Cn2c(=O)n(-c3cccc(Cl)c3)c(=O)c3sccc32)CC1. The number of hydrogen-bond donors (Lipinski definition) is 0. The van der Waals surface area contributed by atoms with Gasteiger partial charge in [-0.3, -0.25) is 19.0 Å². The van der Waals surface area contributed by atoms with Gasteiger partial charge in [-0.25, -0.2) is 9.36 Å². The molecular weight excluding hydrogens is 454 g/mol. The van der Waals surface area contributed by atoms with E-state index in [0.29, 0.717) is 53.5 Å². The molecule has 0 atom stereocenters. The first-order valence-electron chi connectivity index (χ1n) is 10.3. The van der Waals surface area contributed by atoms with Gasteiger partial charge in [0.15, 0.2) is 0 Å². The number of aromatic nitrogens is 2. The number of hydrogen-bond acceptors (Lipinski definition) is 6. The molecule has 0 N–H and O–H groups in total. The van der Waals surface area contributed by atoms with Gasteiger partial charge in [-0.15, -0.1) is 11.3 Å². The highest BCUT2D eigenvalue weighted by Crippen LogP contribution is 2.21. The van der Waals surface area contributed by atoms with Crippen LogP contribution in [0.5, 0.6) is 0 Å². The number of halogens is 1. The number of esters is 1. The molecule has 3 heterocycles. The highest BCUT2D eigenvalue weighted by Gasteiger charge is 2.29. The van der Waals surface area contributed by atoms with Crippen LogP contribution in [0.15, 0.2) is 45.3 Å². The molecule has 0 aliphatic carbocycles. The Morgan fingerprint density at radius 1 is 1.19 bits per heavy atom. The van der Waals surface area contributed by atoms with Crippen molar-refractivity contribution in [3.63, 3.8) is 0 Å².